The van der Waals surface area contributed by atoms with Crippen molar-refractivity contribution in [2.45, 2.75) is 19.9 Å². The van der Waals surface area contributed by atoms with Crippen LogP contribution in [-0.4, -0.2) is 54.0 Å². The van der Waals surface area contributed by atoms with Gasteiger partial charge in [0.2, 0.25) is 5.75 Å². The molecule has 0 fully saturated rings. The van der Waals surface area contributed by atoms with Crippen molar-refractivity contribution in [2.75, 3.05) is 27.9 Å². The number of carbonyl (C=O) groups excluding carboxylic acids is 1. The number of ether oxygens (including phenoxy) is 3. The quantitative estimate of drug-likeness (QED) is 0.526. The van der Waals surface area contributed by atoms with Crippen LogP contribution in [-0.2, 0) is 0 Å². The van der Waals surface area contributed by atoms with E-state index in [9.17, 15) is 9.90 Å². The van der Waals surface area contributed by atoms with E-state index in [0.29, 0.717) is 46.3 Å². The Balaban J connectivity index is 1.99. The highest BCUT2D eigenvalue weighted by Gasteiger charge is 2.42. The number of nitrogens with one attached hydrogen (secondary N) is 1. The molecule has 1 unspecified atom stereocenters. The summed E-state index contributed by atoms with van der Waals surface area (Å²) in [6.07, 6.45) is 1.68. The number of phenolic OH excluding ortho intramolecular Hbond substituents is 1. The Hall–Kier alpha value is -3.94. The molecule has 1 aromatic heterocycles. The van der Waals surface area contributed by atoms with E-state index < -0.39 is 6.04 Å². The minimum absolute atomic E-state index is 0.133. The predicted molar refractivity (Wildman–Crippen MR) is 124 cm³/mol. The van der Waals surface area contributed by atoms with Crippen LogP contribution in [0.4, 0.5) is 0 Å². The van der Waals surface area contributed by atoms with Crippen LogP contribution in [0, 0.1) is 13.8 Å². The lowest BCUT2D eigenvalue weighted by Gasteiger charge is -2.26. The molecule has 0 saturated carbocycles. The fourth-order valence-electron chi connectivity index (χ4n) is 4.48. The number of aryl methyl sites for hydroxylation is 2. The number of benzene rings is 2. The smallest absolute Gasteiger partial charge is 0.273 e. The third-order valence-electron chi connectivity index (χ3n) is 5.89. The first-order chi connectivity index (χ1) is 15.9. The summed E-state index contributed by atoms with van der Waals surface area (Å²) in [5, 5.41) is 18.2. The third kappa shape index (κ3) is 3.47. The van der Waals surface area contributed by atoms with Crippen molar-refractivity contribution in [3.05, 3.63) is 64.9 Å². The lowest BCUT2D eigenvalue weighted by molar-refractivity contribution is 0.0764. The maximum absolute atomic E-state index is 13.3. The van der Waals surface area contributed by atoms with Gasteiger partial charge in [0.15, 0.2) is 11.5 Å². The summed E-state index contributed by atoms with van der Waals surface area (Å²) < 4.78 is 16.6. The van der Waals surface area contributed by atoms with Crippen molar-refractivity contribution >= 4 is 5.91 Å². The number of carbonyl (C=O) groups is 1. The standard InChI is InChI=1S/C25H27N3O5/c1-7-8-28-22(15-11-17(31-4)24(33-6)18(12-15)32-5)19-20(26-27-21(19)25(28)30)16-10-13(2)9-14(3)23(16)29/h7,9-12,22,29H,1,8H2,2-6H3,(H,26,27). The molecule has 4 rings (SSSR count). The molecule has 0 aliphatic carbocycles. The van der Waals surface area contributed by atoms with E-state index in [-0.39, 0.29) is 11.7 Å². The maximum Gasteiger partial charge on any atom is 0.273 e. The van der Waals surface area contributed by atoms with Gasteiger partial charge in [0.05, 0.1) is 27.4 Å². The molecule has 1 aliphatic heterocycles. The van der Waals surface area contributed by atoms with E-state index in [0.717, 1.165) is 16.7 Å². The molecule has 3 aromatic rings. The van der Waals surface area contributed by atoms with E-state index in [1.807, 2.05) is 38.1 Å². The van der Waals surface area contributed by atoms with Crippen molar-refractivity contribution in [1.82, 2.24) is 15.1 Å². The van der Waals surface area contributed by atoms with Gasteiger partial charge in [-0.2, -0.15) is 5.10 Å². The van der Waals surface area contributed by atoms with Crippen LogP contribution in [0.15, 0.2) is 36.9 Å². The summed E-state index contributed by atoms with van der Waals surface area (Å²) in [5.74, 6) is 1.35. The van der Waals surface area contributed by atoms with Crippen LogP contribution < -0.4 is 14.2 Å². The molecule has 2 heterocycles. The largest absolute Gasteiger partial charge is 0.507 e. The first kappa shape index (κ1) is 22.3. The Morgan fingerprint density at radius 1 is 1.12 bits per heavy atom. The van der Waals surface area contributed by atoms with Gasteiger partial charge in [0.1, 0.15) is 17.1 Å². The molecule has 2 N–H and O–H groups in total. The Morgan fingerprint density at radius 3 is 2.36 bits per heavy atom. The summed E-state index contributed by atoms with van der Waals surface area (Å²) >= 11 is 0. The lowest BCUT2D eigenvalue weighted by Crippen LogP contribution is -2.29. The Kier molecular flexibility index (Phi) is 5.76. The summed E-state index contributed by atoms with van der Waals surface area (Å²) in [7, 11) is 4.63. The topological polar surface area (TPSA) is 96.9 Å². The SMILES string of the molecule is C=CCN1C(=O)c2[nH]nc(-c3cc(C)cc(C)c3O)c2C1c1cc(OC)c(OC)c(OC)c1. The lowest BCUT2D eigenvalue weighted by atomic mass is 9.93. The highest BCUT2D eigenvalue weighted by atomic mass is 16.5. The van der Waals surface area contributed by atoms with Crippen molar-refractivity contribution in [2.24, 2.45) is 0 Å². The molecule has 33 heavy (non-hydrogen) atoms. The molecule has 2 aromatic carbocycles. The number of aromatic hydroxyl groups is 1. The second-order valence-corrected chi connectivity index (χ2v) is 7.95. The molecule has 8 heteroatoms. The number of H-pyrrole nitrogens is 1. The predicted octanol–water partition coefficient (Wildman–Crippen LogP) is 4.16. The number of rotatable bonds is 7. The molecule has 0 spiro atoms. The van der Waals surface area contributed by atoms with E-state index in [4.69, 9.17) is 14.2 Å². The van der Waals surface area contributed by atoms with Crippen LogP contribution in [0.25, 0.3) is 11.3 Å². The van der Waals surface area contributed by atoms with Gasteiger partial charge in [-0.25, -0.2) is 0 Å². The van der Waals surface area contributed by atoms with Crippen LogP contribution in [0.5, 0.6) is 23.0 Å². The average molecular weight is 450 g/mol. The normalized spacial score (nSPS) is 14.9. The van der Waals surface area contributed by atoms with Gasteiger partial charge < -0.3 is 24.2 Å². The number of methoxy groups -OCH3 is 3. The summed E-state index contributed by atoms with van der Waals surface area (Å²) in [5.41, 5.74) is 4.61. The van der Waals surface area contributed by atoms with Crippen molar-refractivity contribution < 1.29 is 24.1 Å². The van der Waals surface area contributed by atoms with Crippen molar-refractivity contribution in [3.63, 3.8) is 0 Å². The van der Waals surface area contributed by atoms with Gasteiger partial charge in [-0.15, -0.1) is 6.58 Å². The second kappa shape index (κ2) is 8.54. The monoisotopic (exact) mass is 449 g/mol. The van der Waals surface area contributed by atoms with E-state index in [1.165, 1.54) is 7.11 Å². The number of hydrogen-bond donors (Lipinski definition) is 2. The summed E-state index contributed by atoms with van der Waals surface area (Å²) in [6.45, 7) is 7.93. The molecule has 1 atom stereocenters. The molecule has 172 valence electrons. The van der Waals surface area contributed by atoms with Gasteiger partial charge >= 0.3 is 0 Å². The van der Waals surface area contributed by atoms with Crippen molar-refractivity contribution in [3.8, 4) is 34.3 Å². The molecular weight excluding hydrogens is 422 g/mol. The number of aromatic nitrogens is 2. The van der Waals surface area contributed by atoms with Gasteiger partial charge in [0.25, 0.3) is 5.91 Å². The van der Waals surface area contributed by atoms with E-state index in [1.54, 1.807) is 25.2 Å². The minimum atomic E-state index is -0.506. The van der Waals surface area contributed by atoms with E-state index >= 15 is 0 Å². The Labute approximate surface area is 192 Å². The molecule has 0 saturated heterocycles. The number of phenols is 1. The molecule has 1 aliphatic rings. The maximum atomic E-state index is 13.3. The zero-order valence-electron chi connectivity index (χ0n) is 19.4. The minimum Gasteiger partial charge on any atom is -0.507 e. The fourth-order valence-corrected chi connectivity index (χ4v) is 4.48. The zero-order chi connectivity index (χ0) is 23.9. The zero-order valence-corrected chi connectivity index (χ0v) is 19.4. The first-order valence-electron chi connectivity index (χ1n) is 10.5. The number of aromatic amines is 1. The summed E-state index contributed by atoms with van der Waals surface area (Å²) in [4.78, 5) is 15.0. The van der Waals surface area contributed by atoms with E-state index in [2.05, 4.69) is 16.8 Å². The van der Waals surface area contributed by atoms with Crippen molar-refractivity contribution in [1.29, 1.82) is 0 Å². The molecule has 1 amide bonds. The Bertz CT molecular complexity index is 1220. The molecule has 8 nitrogen and oxygen atoms in total. The van der Waals surface area contributed by atoms with Crippen LogP contribution in [0.3, 0.4) is 0 Å². The third-order valence-corrected chi connectivity index (χ3v) is 5.89. The van der Waals surface area contributed by atoms with Gasteiger partial charge in [-0.05, 0) is 48.7 Å². The first-order valence-corrected chi connectivity index (χ1v) is 10.5. The van der Waals surface area contributed by atoms with Crippen LogP contribution in [0.2, 0.25) is 0 Å². The Morgan fingerprint density at radius 2 is 1.79 bits per heavy atom. The highest BCUT2D eigenvalue weighted by molar-refractivity contribution is 6.00. The second-order valence-electron chi connectivity index (χ2n) is 7.95. The van der Waals surface area contributed by atoms with Gasteiger partial charge in [-0.3, -0.25) is 9.89 Å². The number of nitrogens with zero attached hydrogens (tertiary/aromatic N) is 2. The average Bonchev–Trinajstić information content (AvgIpc) is 3.34. The molecule has 0 radical (unpaired) electrons. The van der Waals surface area contributed by atoms with Gasteiger partial charge in [-0.1, -0.05) is 12.1 Å². The number of amides is 1. The van der Waals surface area contributed by atoms with Crippen LogP contribution in [0.1, 0.15) is 38.8 Å². The molecule has 0 bridgehead atoms. The highest BCUT2D eigenvalue weighted by Crippen LogP contribution is 2.48. The summed E-state index contributed by atoms with van der Waals surface area (Å²) in [6, 6.07) is 6.90. The number of fused-ring (bicyclic) bond motifs is 1. The molecular formula is C25H27N3O5. The fraction of sp³-hybridized carbons (Fsp3) is 0.280. The number of hydrogen-bond acceptors (Lipinski definition) is 6. The van der Waals surface area contributed by atoms with Gasteiger partial charge in [0, 0.05) is 17.7 Å². The van der Waals surface area contributed by atoms with Crippen LogP contribution >= 0.6 is 0 Å².